The molecule has 3 aromatic rings. The molecular weight excluding hydrogens is 600 g/mol. The molecule has 242 valence electrons. The standard InChI is InChI=1S/C38H42O7S/c1-5-36(39)44-22-11-10-21-42-29-14-12-28(13-15-29)38(41)46-31-17-19-33-32-18-16-30(24-34(32)27(4)35(33)25-31)43-20-8-6-7-9-23-45-37(40)26(2)3/h5,12-19,24-25,27H,1-2,6-11,20-23H2,3-4H3. The van der Waals surface area contributed by atoms with Crippen LogP contribution in [0, 0.1) is 0 Å². The SMILES string of the molecule is C=CC(=O)OCCCCOc1ccc(C(=O)Sc2ccc3c(c2)C(C)c2cc(OCCCCCCOC(=O)C(=C)C)ccc2-3)cc1. The lowest BCUT2D eigenvalue weighted by molar-refractivity contribution is -0.139. The Kier molecular flexibility index (Phi) is 13.1. The highest BCUT2D eigenvalue weighted by molar-refractivity contribution is 8.14. The number of fused-ring (bicyclic) bond motifs is 3. The number of rotatable bonds is 18. The van der Waals surface area contributed by atoms with Crippen LogP contribution in [0.15, 0.2) is 90.4 Å². The van der Waals surface area contributed by atoms with E-state index in [1.165, 1.54) is 34.0 Å². The lowest BCUT2D eigenvalue weighted by atomic mass is 9.99. The van der Waals surface area contributed by atoms with Gasteiger partial charge >= 0.3 is 11.9 Å². The zero-order valence-corrected chi connectivity index (χ0v) is 27.5. The van der Waals surface area contributed by atoms with Gasteiger partial charge in [-0.2, -0.15) is 0 Å². The first-order valence-electron chi connectivity index (χ1n) is 15.7. The van der Waals surface area contributed by atoms with Gasteiger partial charge in [0, 0.05) is 28.0 Å². The molecule has 0 radical (unpaired) electrons. The molecule has 4 rings (SSSR count). The number of hydrogen-bond donors (Lipinski definition) is 0. The van der Waals surface area contributed by atoms with Gasteiger partial charge in [-0.25, -0.2) is 9.59 Å². The third kappa shape index (κ3) is 9.85. The molecule has 0 heterocycles. The molecule has 0 fully saturated rings. The highest BCUT2D eigenvalue weighted by Gasteiger charge is 2.26. The summed E-state index contributed by atoms with van der Waals surface area (Å²) in [5, 5.41) is -0.0257. The van der Waals surface area contributed by atoms with E-state index in [0.717, 1.165) is 48.8 Å². The van der Waals surface area contributed by atoms with E-state index in [0.29, 0.717) is 49.7 Å². The molecule has 1 aliphatic carbocycles. The maximum atomic E-state index is 13.1. The Bertz CT molecular complexity index is 1540. The first-order chi connectivity index (χ1) is 22.3. The van der Waals surface area contributed by atoms with Crippen LogP contribution in [0.3, 0.4) is 0 Å². The van der Waals surface area contributed by atoms with Crippen molar-refractivity contribution in [2.45, 2.75) is 63.2 Å². The van der Waals surface area contributed by atoms with E-state index < -0.39 is 5.97 Å². The van der Waals surface area contributed by atoms with Gasteiger partial charge in [0.05, 0.1) is 26.4 Å². The maximum Gasteiger partial charge on any atom is 0.333 e. The first kappa shape index (κ1) is 34.6. The van der Waals surface area contributed by atoms with Crippen LogP contribution in [-0.4, -0.2) is 43.5 Å². The van der Waals surface area contributed by atoms with Crippen molar-refractivity contribution in [3.8, 4) is 22.6 Å². The lowest BCUT2D eigenvalue weighted by Gasteiger charge is -2.11. The highest BCUT2D eigenvalue weighted by Crippen LogP contribution is 2.47. The van der Waals surface area contributed by atoms with Crippen LogP contribution in [0.4, 0.5) is 0 Å². The smallest absolute Gasteiger partial charge is 0.333 e. The molecule has 0 aromatic heterocycles. The van der Waals surface area contributed by atoms with Gasteiger partial charge in [0.25, 0.3) is 0 Å². The van der Waals surface area contributed by atoms with Gasteiger partial charge in [0.2, 0.25) is 5.12 Å². The minimum Gasteiger partial charge on any atom is -0.494 e. The molecule has 1 unspecified atom stereocenters. The van der Waals surface area contributed by atoms with E-state index in [2.05, 4.69) is 44.3 Å². The number of ether oxygens (including phenoxy) is 4. The Morgan fingerprint density at radius 3 is 2.00 bits per heavy atom. The Morgan fingerprint density at radius 2 is 1.30 bits per heavy atom. The van der Waals surface area contributed by atoms with Crippen molar-refractivity contribution in [3.05, 3.63) is 102 Å². The molecule has 8 heteroatoms. The number of esters is 2. The number of carbonyl (C=O) groups excluding carboxylic acids is 3. The second-order valence-electron chi connectivity index (χ2n) is 11.2. The number of carbonyl (C=O) groups is 3. The van der Waals surface area contributed by atoms with Crippen LogP contribution in [-0.2, 0) is 19.1 Å². The van der Waals surface area contributed by atoms with Crippen molar-refractivity contribution in [3.63, 3.8) is 0 Å². The number of thioether (sulfide) groups is 1. The third-order valence-corrected chi connectivity index (χ3v) is 8.59. The monoisotopic (exact) mass is 642 g/mol. The lowest BCUT2D eigenvalue weighted by Crippen LogP contribution is -2.06. The summed E-state index contributed by atoms with van der Waals surface area (Å²) < 4.78 is 21.9. The van der Waals surface area contributed by atoms with Gasteiger partial charge < -0.3 is 18.9 Å². The van der Waals surface area contributed by atoms with Crippen molar-refractivity contribution < 1.29 is 33.3 Å². The molecule has 0 saturated heterocycles. The molecule has 0 saturated carbocycles. The average Bonchev–Trinajstić information content (AvgIpc) is 3.33. The fraction of sp³-hybridized carbons (Fsp3) is 0.342. The normalized spacial score (nSPS) is 12.9. The van der Waals surface area contributed by atoms with E-state index in [9.17, 15) is 14.4 Å². The van der Waals surface area contributed by atoms with Crippen molar-refractivity contribution in [2.24, 2.45) is 0 Å². The minimum absolute atomic E-state index is 0.0257. The minimum atomic E-state index is -0.420. The second kappa shape index (κ2) is 17.4. The number of hydrogen-bond acceptors (Lipinski definition) is 8. The molecule has 3 aromatic carbocycles. The van der Waals surface area contributed by atoms with Crippen LogP contribution >= 0.6 is 11.8 Å². The van der Waals surface area contributed by atoms with E-state index >= 15 is 0 Å². The van der Waals surface area contributed by atoms with Gasteiger partial charge in [0.1, 0.15) is 11.5 Å². The fourth-order valence-corrected chi connectivity index (χ4v) is 5.91. The first-order valence-corrected chi connectivity index (χ1v) is 16.6. The maximum absolute atomic E-state index is 13.1. The van der Waals surface area contributed by atoms with Gasteiger partial charge in [-0.05, 0) is 128 Å². The largest absolute Gasteiger partial charge is 0.494 e. The van der Waals surface area contributed by atoms with Gasteiger partial charge in [-0.15, -0.1) is 0 Å². The molecule has 7 nitrogen and oxygen atoms in total. The molecule has 0 amide bonds. The van der Waals surface area contributed by atoms with Gasteiger partial charge in [-0.1, -0.05) is 32.2 Å². The van der Waals surface area contributed by atoms with E-state index in [4.69, 9.17) is 18.9 Å². The predicted molar refractivity (Wildman–Crippen MR) is 182 cm³/mol. The Balaban J connectivity index is 1.22. The Morgan fingerprint density at radius 1 is 0.739 bits per heavy atom. The molecule has 46 heavy (non-hydrogen) atoms. The van der Waals surface area contributed by atoms with Crippen LogP contribution < -0.4 is 9.47 Å². The summed E-state index contributed by atoms with van der Waals surface area (Å²) in [5.41, 5.74) is 5.87. The van der Waals surface area contributed by atoms with Crippen LogP contribution in [0.1, 0.15) is 79.8 Å². The Labute approximate surface area is 276 Å². The van der Waals surface area contributed by atoms with Crippen molar-refractivity contribution in [1.82, 2.24) is 0 Å². The van der Waals surface area contributed by atoms with Crippen molar-refractivity contribution >= 4 is 28.8 Å². The van der Waals surface area contributed by atoms with E-state index in [1.807, 2.05) is 12.1 Å². The zero-order valence-electron chi connectivity index (χ0n) is 26.7. The summed E-state index contributed by atoms with van der Waals surface area (Å²) in [6.45, 7) is 12.7. The average molecular weight is 643 g/mol. The summed E-state index contributed by atoms with van der Waals surface area (Å²) in [7, 11) is 0. The molecule has 0 bridgehead atoms. The summed E-state index contributed by atoms with van der Waals surface area (Å²) in [6, 6.07) is 19.7. The van der Waals surface area contributed by atoms with Gasteiger partial charge in [-0.3, -0.25) is 4.79 Å². The molecule has 1 atom stereocenters. The fourth-order valence-electron chi connectivity index (χ4n) is 5.12. The summed E-state index contributed by atoms with van der Waals surface area (Å²) in [6.07, 6.45) is 6.35. The summed E-state index contributed by atoms with van der Waals surface area (Å²) in [5.74, 6) is 0.993. The van der Waals surface area contributed by atoms with Gasteiger partial charge in [0.15, 0.2) is 0 Å². The summed E-state index contributed by atoms with van der Waals surface area (Å²) in [4.78, 5) is 36.5. The molecule has 0 aliphatic heterocycles. The molecule has 0 N–H and O–H groups in total. The second-order valence-corrected chi connectivity index (χ2v) is 12.3. The summed E-state index contributed by atoms with van der Waals surface area (Å²) >= 11 is 1.23. The van der Waals surface area contributed by atoms with Crippen LogP contribution in [0.25, 0.3) is 11.1 Å². The number of unbranched alkanes of at least 4 members (excludes halogenated alkanes) is 4. The van der Waals surface area contributed by atoms with Crippen molar-refractivity contribution in [1.29, 1.82) is 0 Å². The predicted octanol–water partition coefficient (Wildman–Crippen LogP) is 8.70. The van der Waals surface area contributed by atoms with Crippen LogP contribution in [0.5, 0.6) is 11.5 Å². The molecule has 0 spiro atoms. The van der Waals surface area contributed by atoms with E-state index in [-0.39, 0.29) is 17.0 Å². The zero-order chi connectivity index (χ0) is 32.9. The van der Waals surface area contributed by atoms with Crippen molar-refractivity contribution in [2.75, 3.05) is 26.4 Å². The third-order valence-electron chi connectivity index (χ3n) is 7.68. The van der Waals surface area contributed by atoms with Crippen LogP contribution in [0.2, 0.25) is 0 Å². The topological polar surface area (TPSA) is 88.1 Å². The van der Waals surface area contributed by atoms with E-state index in [1.54, 1.807) is 31.2 Å². The highest BCUT2D eigenvalue weighted by atomic mass is 32.2. The molecular formula is C38H42O7S. The quantitative estimate of drug-likeness (QED) is 0.0589. The molecule has 1 aliphatic rings. The number of benzene rings is 3. The Hall–Kier alpha value is -4.30.